The maximum atomic E-state index is 6.59. The predicted molar refractivity (Wildman–Crippen MR) is 254 cm³/mol. The molecule has 0 saturated carbocycles. The van der Waals surface area contributed by atoms with Gasteiger partial charge in [0.25, 0.3) is 0 Å². The van der Waals surface area contributed by atoms with Crippen LogP contribution in [0.25, 0.3) is 108 Å². The molecule has 0 bridgehead atoms. The van der Waals surface area contributed by atoms with Gasteiger partial charge in [0.2, 0.25) is 0 Å². The fourth-order valence-corrected chi connectivity index (χ4v) is 10.7. The molecule has 3 aromatic heterocycles. The molecule has 4 heteroatoms. The fourth-order valence-electron chi connectivity index (χ4n) is 9.49. The maximum absolute atomic E-state index is 6.59. The minimum atomic E-state index is 0.858. The molecule has 0 aliphatic heterocycles. The number of furan rings is 2. The lowest BCUT2D eigenvalue weighted by Crippen LogP contribution is -2.10. The summed E-state index contributed by atoms with van der Waals surface area (Å²) in [6.45, 7) is 0. The third-order valence-electron chi connectivity index (χ3n) is 12.2. The Morgan fingerprint density at radius 1 is 0.350 bits per heavy atom. The summed E-state index contributed by atoms with van der Waals surface area (Å²) in [7, 11) is 0. The van der Waals surface area contributed by atoms with Crippen molar-refractivity contribution in [1.82, 2.24) is 0 Å². The number of fused-ring (bicyclic) bond motifs is 13. The summed E-state index contributed by atoms with van der Waals surface area (Å²) < 4.78 is 15.6. The fraction of sp³-hybridized carbons (Fsp3) is 0. The third kappa shape index (κ3) is 5.01. The van der Waals surface area contributed by atoms with Crippen LogP contribution in [0.4, 0.5) is 17.1 Å². The molecule has 0 aliphatic rings. The van der Waals surface area contributed by atoms with Crippen LogP contribution < -0.4 is 4.90 Å². The first-order chi connectivity index (χ1) is 29.7. The molecule has 13 aromatic rings. The highest BCUT2D eigenvalue weighted by Gasteiger charge is 2.22. The minimum Gasteiger partial charge on any atom is -0.456 e. The lowest BCUT2D eigenvalue weighted by Gasteiger charge is -2.27. The van der Waals surface area contributed by atoms with E-state index in [1.54, 1.807) is 0 Å². The summed E-state index contributed by atoms with van der Waals surface area (Å²) in [5, 5.41) is 12.1. The van der Waals surface area contributed by atoms with Crippen molar-refractivity contribution < 1.29 is 8.83 Å². The summed E-state index contributed by atoms with van der Waals surface area (Å²) in [6, 6.07) is 72.0. The van der Waals surface area contributed by atoms with Crippen LogP contribution in [0.15, 0.2) is 209 Å². The van der Waals surface area contributed by atoms with Crippen LogP contribution in [-0.2, 0) is 0 Å². The SMILES string of the molecule is c1cc(-c2cccc3oc4ccc5c6ccccc6sc5c4c23)cc(N(c2ccc(-c3ccc4ccc5ccccc5c4c3)cc2)c2cccc3oc4ccccc4c23)c1. The summed E-state index contributed by atoms with van der Waals surface area (Å²) in [5.74, 6) is 0. The highest BCUT2D eigenvalue weighted by Crippen LogP contribution is 2.47. The molecule has 0 amide bonds. The van der Waals surface area contributed by atoms with E-state index >= 15 is 0 Å². The second-order valence-electron chi connectivity index (χ2n) is 15.6. The summed E-state index contributed by atoms with van der Waals surface area (Å²) in [5.41, 5.74) is 11.3. The number of thiophene rings is 1. The van der Waals surface area contributed by atoms with E-state index < -0.39 is 0 Å². The first kappa shape index (κ1) is 33.3. The van der Waals surface area contributed by atoms with E-state index in [4.69, 9.17) is 8.83 Å². The third-order valence-corrected chi connectivity index (χ3v) is 13.5. The van der Waals surface area contributed by atoms with Crippen LogP contribution in [0, 0.1) is 0 Å². The van der Waals surface area contributed by atoms with E-state index in [0.29, 0.717) is 0 Å². The van der Waals surface area contributed by atoms with Crippen LogP contribution in [0.5, 0.6) is 0 Å². The molecule has 13 rings (SSSR count). The first-order valence-corrected chi connectivity index (χ1v) is 21.1. The van der Waals surface area contributed by atoms with Gasteiger partial charge in [-0.15, -0.1) is 11.3 Å². The van der Waals surface area contributed by atoms with Crippen LogP contribution in [-0.4, -0.2) is 0 Å². The van der Waals surface area contributed by atoms with Gasteiger partial charge in [-0.3, -0.25) is 0 Å². The molecule has 3 nitrogen and oxygen atoms in total. The number of hydrogen-bond donors (Lipinski definition) is 0. The molecule has 0 aliphatic carbocycles. The second kappa shape index (κ2) is 12.9. The Morgan fingerprint density at radius 2 is 1.02 bits per heavy atom. The normalized spacial score (nSPS) is 12.0. The van der Waals surface area contributed by atoms with Crippen LogP contribution in [0.2, 0.25) is 0 Å². The minimum absolute atomic E-state index is 0.858. The first-order valence-electron chi connectivity index (χ1n) is 20.3. The second-order valence-corrected chi connectivity index (χ2v) is 16.7. The van der Waals surface area contributed by atoms with Crippen molar-refractivity contribution in [3.63, 3.8) is 0 Å². The zero-order chi connectivity index (χ0) is 39.3. The Morgan fingerprint density at radius 3 is 1.92 bits per heavy atom. The Hall–Kier alpha value is -7.66. The van der Waals surface area contributed by atoms with Gasteiger partial charge < -0.3 is 13.7 Å². The molecule has 0 atom stereocenters. The number of benzene rings is 10. The Labute approximate surface area is 348 Å². The van der Waals surface area contributed by atoms with E-state index in [2.05, 4.69) is 199 Å². The van der Waals surface area contributed by atoms with Crippen LogP contribution in [0.1, 0.15) is 0 Å². The van der Waals surface area contributed by atoms with Gasteiger partial charge in [-0.1, -0.05) is 127 Å². The number of anilines is 3. The molecule has 3 heterocycles. The van der Waals surface area contributed by atoms with E-state index in [1.165, 1.54) is 58.2 Å². The van der Waals surface area contributed by atoms with Gasteiger partial charge in [0, 0.05) is 47.7 Å². The average molecular weight is 784 g/mol. The predicted octanol–water partition coefficient (Wildman–Crippen LogP) is 17.0. The molecule has 0 unspecified atom stereocenters. The van der Waals surface area contributed by atoms with Crippen molar-refractivity contribution in [3.05, 3.63) is 200 Å². The Kier molecular flexibility index (Phi) is 7.18. The summed E-state index contributed by atoms with van der Waals surface area (Å²) in [4.78, 5) is 2.38. The molecule has 280 valence electrons. The lowest BCUT2D eigenvalue weighted by molar-refractivity contribution is 0.668. The molecule has 0 spiro atoms. The lowest BCUT2D eigenvalue weighted by atomic mass is 9.96. The summed E-state index contributed by atoms with van der Waals surface area (Å²) in [6.07, 6.45) is 0. The van der Waals surface area contributed by atoms with Crippen molar-refractivity contribution >= 4 is 114 Å². The van der Waals surface area contributed by atoms with Crippen molar-refractivity contribution in [2.45, 2.75) is 0 Å². The molecular weight excluding hydrogens is 751 g/mol. The van der Waals surface area contributed by atoms with Gasteiger partial charge in [0.05, 0.1) is 11.1 Å². The molecule has 0 N–H and O–H groups in total. The Balaban J connectivity index is 1.00. The number of para-hydroxylation sites is 1. The van der Waals surface area contributed by atoms with Crippen molar-refractivity contribution in [3.8, 4) is 22.3 Å². The highest BCUT2D eigenvalue weighted by atomic mass is 32.1. The van der Waals surface area contributed by atoms with Crippen molar-refractivity contribution in [2.75, 3.05) is 4.90 Å². The van der Waals surface area contributed by atoms with E-state index in [0.717, 1.165) is 66.7 Å². The van der Waals surface area contributed by atoms with Crippen LogP contribution in [0.3, 0.4) is 0 Å². The highest BCUT2D eigenvalue weighted by molar-refractivity contribution is 7.26. The molecule has 10 aromatic carbocycles. The van der Waals surface area contributed by atoms with Gasteiger partial charge in [-0.05, 0) is 117 Å². The largest absolute Gasteiger partial charge is 0.456 e. The monoisotopic (exact) mass is 783 g/mol. The van der Waals surface area contributed by atoms with Gasteiger partial charge >= 0.3 is 0 Å². The van der Waals surface area contributed by atoms with Gasteiger partial charge in [-0.2, -0.15) is 0 Å². The van der Waals surface area contributed by atoms with E-state index in [9.17, 15) is 0 Å². The quantitative estimate of drug-likeness (QED) is 0.163. The van der Waals surface area contributed by atoms with Crippen molar-refractivity contribution in [2.24, 2.45) is 0 Å². The van der Waals surface area contributed by atoms with Gasteiger partial charge in [0.15, 0.2) is 0 Å². The topological polar surface area (TPSA) is 29.5 Å². The molecule has 60 heavy (non-hydrogen) atoms. The molecular formula is C56H33NO2S. The summed E-state index contributed by atoms with van der Waals surface area (Å²) >= 11 is 1.84. The zero-order valence-electron chi connectivity index (χ0n) is 32.2. The molecule has 0 saturated heterocycles. The van der Waals surface area contributed by atoms with Gasteiger partial charge in [0.1, 0.15) is 22.3 Å². The standard InChI is InChI=1S/C56H33NO2S/c1-2-13-41-35(10-1)22-23-36-24-25-37(33-46(36)41)34-26-28-39(29-27-34)57(47-17-9-20-49-53(47)45-15-3-5-18-48(45)58-49)40-12-7-11-38(32-40)42-16-8-19-50-54(42)55-51(59-50)31-30-44-43-14-4-6-21-52(43)60-56(44)55/h1-33H. The van der Waals surface area contributed by atoms with Crippen LogP contribution >= 0.6 is 11.3 Å². The van der Waals surface area contributed by atoms with Crippen molar-refractivity contribution in [1.29, 1.82) is 0 Å². The maximum Gasteiger partial charge on any atom is 0.137 e. The molecule has 0 fully saturated rings. The number of rotatable bonds is 5. The molecule has 0 radical (unpaired) electrons. The smallest absolute Gasteiger partial charge is 0.137 e. The van der Waals surface area contributed by atoms with E-state index in [-0.39, 0.29) is 0 Å². The number of hydrogen-bond acceptors (Lipinski definition) is 4. The Bertz CT molecular complexity index is 3850. The van der Waals surface area contributed by atoms with Gasteiger partial charge in [-0.25, -0.2) is 0 Å². The van der Waals surface area contributed by atoms with E-state index in [1.807, 2.05) is 17.4 Å². The average Bonchev–Trinajstić information content (AvgIpc) is 4.01. The number of nitrogens with zero attached hydrogens (tertiary/aromatic N) is 1. The zero-order valence-corrected chi connectivity index (χ0v) is 33.0.